The Morgan fingerprint density at radius 1 is 0.889 bits per heavy atom. The zero-order chi connectivity index (χ0) is 19.0. The van der Waals surface area contributed by atoms with Gasteiger partial charge in [-0.3, -0.25) is 4.79 Å². The van der Waals surface area contributed by atoms with Crippen LogP contribution in [0.3, 0.4) is 0 Å². The van der Waals surface area contributed by atoms with Crippen LogP contribution in [0.4, 0.5) is 11.4 Å². The van der Waals surface area contributed by atoms with Crippen LogP contribution in [0.1, 0.15) is 16.7 Å². The van der Waals surface area contributed by atoms with Crippen molar-refractivity contribution >= 4 is 46.2 Å². The second kappa shape index (κ2) is 7.18. The van der Waals surface area contributed by atoms with Crippen molar-refractivity contribution in [1.29, 1.82) is 0 Å². The number of para-hydroxylation sites is 1. The van der Waals surface area contributed by atoms with Gasteiger partial charge >= 0.3 is 0 Å². The van der Waals surface area contributed by atoms with Crippen molar-refractivity contribution in [2.75, 3.05) is 4.90 Å². The quantitative estimate of drug-likeness (QED) is 0.538. The largest absolute Gasteiger partial charge is 0.302 e. The number of amides is 1. The lowest BCUT2D eigenvalue weighted by molar-refractivity contribution is -0.112. The minimum atomic E-state index is -0.159. The highest BCUT2D eigenvalue weighted by Crippen LogP contribution is 2.34. The van der Waals surface area contributed by atoms with Crippen LogP contribution in [0, 0.1) is 6.92 Å². The lowest BCUT2D eigenvalue weighted by atomic mass is 10.1. The molecule has 3 aromatic rings. The van der Waals surface area contributed by atoms with Crippen LogP contribution in [0.25, 0.3) is 0 Å². The monoisotopic (exact) mass is 394 g/mol. The summed E-state index contributed by atoms with van der Waals surface area (Å²) in [5, 5.41) is 1.08. The molecule has 134 valence electrons. The van der Waals surface area contributed by atoms with Gasteiger partial charge in [-0.15, -0.1) is 0 Å². The highest BCUT2D eigenvalue weighted by molar-refractivity contribution is 6.54. The maximum atomic E-state index is 13.2. The molecule has 1 heterocycles. The number of hydrogen-bond acceptors (Lipinski definition) is 2. The third-order valence-corrected chi connectivity index (χ3v) is 5.26. The summed E-state index contributed by atoms with van der Waals surface area (Å²) in [4.78, 5) is 19.5. The Kier molecular flexibility index (Phi) is 4.73. The van der Waals surface area contributed by atoms with Crippen LogP contribution in [-0.2, 0) is 11.3 Å². The average Bonchev–Trinajstić information content (AvgIpc) is 2.92. The van der Waals surface area contributed by atoms with Crippen LogP contribution in [-0.4, -0.2) is 11.6 Å². The molecular weight excluding hydrogens is 379 g/mol. The minimum absolute atomic E-state index is 0.159. The number of aliphatic imine (C=N–C) groups is 1. The van der Waals surface area contributed by atoms with Crippen LogP contribution in [0.2, 0.25) is 10.0 Å². The Balaban J connectivity index is 1.77. The Bertz CT molecular complexity index is 1040. The summed E-state index contributed by atoms with van der Waals surface area (Å²) in [5.74, 6) is -0.159. The summed E-state index contributed by atoms with van der Waals surface area (Å²) in [6, 6.07) is 20.7. The molecule has 0 atom stereocenters. The molecular formula is C22H16Cl2N2O. The molecule has 0 aromatic heterocycles. The molecule has 0 bridgehead atoms. The molecule has 0 saturated heterocycles. The average molecular weight is 395 g/mol. The van der Waals surface area contributed by atoms with E-state index in [1.165, 1.54) is 0 Å². The van der Waals surface area contributed by atoms with Crippen molar-refractivity contribution in [2.45, 2.75) is 13.5 Å². The summed E-state index contributed by atoms with van der Waals surface area (Å²) in [5.41, 5.74) is 4.66. The Morgan fingerprint density at radius 2 is 1.56 bits per heavy atom. The van der Waals surface area contributed by atoms with E-state index in [2.05, 4.69) is 4.99 Å². The standard InChI is InChI=1S/C22H16Cl2N2O/c1-14-9-11-15(12-10-14)25-21-16-5-2-3-8-20(16)26(22(21)27)13-17-18(23)6-4-7-19(17)24/h2-12H,13H2,1H3. The molecule has 1 aliphatic heterocycles. The molecule has 0 unspecified atom stereocenters. The molecule has 0 fully saturated rings. The molecule has 1 aliphatic rings. The fourth-order valence-corrected chi connectivity index (χ4v) is 3.63. The topological polar surface area (TPSA) is 32.7 Å². The van der Waals surface area contributed by atoms with Gasteiger partial charge in [0.05, 0.1) is 17.9 Å². The Morgan fingerprint density at radius 3 is 2.26 bits per heavy atom. The summed E-state index contributed by atoms with van der Waals surface area (Å²) < 4.78 is 0. The summed E-state index contributed by atoms with van der Waals surface area (Å²) >= 11 is 12.6. The number of rotatable bonds is 3. The summed E-state index contributed by atoms with van der Waals surface area (Å²) in [6.07, 6.45) is 0. The SMILES string of the molecule is Cc1ccc(N=C2C(=O)N(Cc3c(Cl)cccc3Cl)c3ccccc32)cc1. The lowest BCUT2D eigenvalue weighted by Gasteiger charge is -2.18. The zero-order valence-corrected chi connectivity index (χ0v) is 16.1. The maximum absolute atomic E-state index is 13.2. The highest BCUT2D eigenvalue weighted by atomic mass is 35.5. The predicted molar refractivity (Wildman–Crippen MR) is 111 cm³/mol. The van der Waals surface area contributed by atoms with E-state index in [-0.39, 0.29) is 5.91 Å². The summed E-state index contributed by atoms with van der Waals surface area (Å²) in [7, 11) is 0. The molecule has 0 spiro atoms. The lowest BCUT2D eigenvalue weighted by Crippen LogP contribution is -2.29. The maximum Gasteiger partial charge on any atom is 0.277 e. The van der Waals surface area contributed by atoms with E-state index in [0.29, 0.717) is 22.3 Å². The fraction of sp³-hybridized carbons (Fsp3) is 0.0909. The molecule has 0 saturated carbocycles. The second-order valence-electron chi connectivity index (χ2n) is 6.40. The highest BCUT2D eigenvalue weighted by Gasteiger charge is 2.34. The van der Waals surface area contributed by atoms with Crippen LogP contribution < -0.4 is 4.90 Å². The van der Waals surface area contributed by atoms with Crippen LogP contribution >= 0.6 is 23.2 Å². The number of aryl methyl sites for hydroxylation is 1. The van der Waals surface area contributed by atoms with Gasteiger partial charge < -0.3 is 4.90 Å². The Hall–Kier alpha value is -2.62. The first-order valence-electron chi connectivity index (χ1n) is 8.54. The molecule has 4 rings (SSSR count). The van der Waals surface area contributed by atoms with Gasteiger partial charge in [-0.1, -0.05) is 65.2 Å². The number of halogens is 2. The van der Waals surface area contributed by atoms with Gasteiger partial charge in [0, 0.05) is 21.2 Å². The second-order valence-corrected chi connectivity index (χ2v) is 7.22. The fourth-order valence-electron chi connectivity index (χ4n) is 3.12. The first kappa shape index (κ1) is 17.8. The van der Waals surface area contributed by atoms with Crippen LogP contribution in [0.5, 0.6) is 0 Å². The van der Waals surface area contributed by atoms with Crippen molar-refractivity contribution < 1.29 is 4.79 Å². The first-order valence-corrected chi connectivity index (χ1v) is 9.29. The predicted octanol–water partition coefficient (Wildman–Crippen LogP) is 5.97. The van der Waals surface area contributed by atoms with Crippen molar-refractivity contribution in [3.8, 4) is 0 Å². The number of fused-ring (bicyclic) bond motifs is 1. The number of hydrogen-bond donors (Lipinski definition) is 0. The molecule has 1 amide bonds. The van der Waals surface area contributed by atoms with E-state index in [1.54, 1.807) is 23.1 Å². The molecule has 0 aliphatic carbocycles. The van der Waals surface area contributed by atoms with E-state index in [1.807, 2.05) is 55.5 Å². The van der Waals surface area contributed by atoms with Crippen molar-refractivity contribution in [2.24, 2.45) is 4.99 Å². The van der Waals surface area contributed by atoms with Gasteiger partial charge in [-0.2, -0.15) is 0 Å². The molecule has 0 N–H and O–H groups in total. The van der Waals surface area contributed by atoms with E-state index >= 15 is 0 Å². The Labute approximate surface area is 167 Å². The zero-order valence-electron chi connectivity index (χ0n) is 14.6. The molecule has 3 nitrogen and oxygen atoms in total. The molecule has 5 heteroatoms. The van der Waals surface area contributed by atoms with Gasteiger partial charge in [-0.25, -0.2) is 4.99 Å². The van der Waals surface area contributed by atoms with Gasteiger partial charge in [0.15, 0.2) is 0 Å². The van der Waals surface area contributed by atoms with Gasteiger partial charge in [0.2, 0.25) is 0 Å². The normalized spacial score (nSPS) is 14.7. The van der Waals surface area contributed by atoms with Crippen LogP contribution in [0.15, 0.2) is 71.7 Å². The van der Waals surface area contributed by atoms with E-state index in [9.17, 15) is 4.79 Å². The van der Waals surface area contributed by atoms with E-state index in [4.69, 9.17) is 23.2 Å². The molecule has 3 aromatic carbocycles. The third-order valence-electron chi connectivity index (χ3n) is 4.55. The van der Waals surface area contributed by atoms with E-state index in [0.717, 1.165) is 28.1 Å². The minimum Gasteiger partial charge on any atom is -0.302 e. The van der Waals surface area contributed by atoms with Gasteiger partial charge in [-0.05, 0) is 37.3 Å². The van der Waals surface area contributed by atoms with Crippen molar-refractivity contribution in [3.63, 3.8) is 0 Å². The first-order chi connectivity index (χ1) is 13.0. The number of anilines is 1. The third kappa shape index (κ3) is 3.36. The van der Waals surface area contributed by atoms with Crippen molar-refractivity contribution in [1.82, 2.24) is 0 Å². The number of carbonyl (C=O) groups excluding carboxylic acids is 1. The molecule has 0 radical (unpaired) electrons. The van der Waals surface area contributed by atoms with Crippen molar-refractivity contribution in [3.05, 3.63) is 93.5 Å². The number of benzene rings is 3. The molecule has 27 heavy (non-hydrogen) atoms. The number of nitrogens with zero attached hydrogens (tertiary/aromatic N) is 2. The van der Waals surface area contributed by atoms with Gasteiger partial charge in [0.1, 0.15) is 5.71 Å². The smallest absolute Gasteiger partial charge is 0.277 e. The number of carbonyl (C=O) groups is 1. The van der Waals surface area contributed by atoms with E-state index < -0.39 is 0 Å². The van der Waals surface area contributed by atoms with Gasteiger partial charge in [0.25, 0.3) is 5.91 Å². The summed E-state index contributed by atoms with van der Waals surface area (Å²) in [6.45, 7) is 2.31.